The number of carboxylic acids is 1. The first-order chi connectivity index (χ1) is 8.96. The fraction of sp³-hybridized carbons (Fsp3) is 0.533. The first kappa shape index (κ1) is 14.0. The topological polar surface area (TPSA) is 49.8 Å². The van der Waals surface area contributed by atoms with Crippen molar-refractivity contribution in [1.82, 2.24) is 4.90 Å². The van der Waals surface area contributed by atoms with Crippen molar-refractivity contribution in [2.75, 3.05) is 26.3 Å². The molecule has 1 aliphatic rings. The minimum atomic E-state index is -0.984. The van der Waals surface area contributed by atoms with Crippen LogP contribution in [0.15, 0.2) is 18.2 Å². The zero-order valence-electron chi connectivity index (χ0n) is 11.8. The number of rotatable bonds is 3. The Morgan fingerprint density at radius 3 is 2.42 bits per heavy atom. The molecule has 0 aromatic heterocycles. The van der Waals surface area contributed by atoms with Crippen LogP contribution < -0.4 is 0 Å². The number of benzene rings is 1. The van der Waals surface area contributed by atoms with Gasteiger partial charge < -0.3 is 9.84 Å². The summed E-state index contributed by atoms with van der Waals surface area (Å²) in [4.78, 5) is 13.8. The number of morpholine rings is 1. The second-order valence-electron chi connectivity index (χ2n) is 5.28. The molecule has 0 radical (unpaired) electrons. The molecule has 1 aromatic rings. The van der Waals surface area contributed by atoms with Gasteiger partial charge in [-0.3, -0.25) is 4.90 Å². The monoisotopic (exact) mass is 263 g/mol. The zero-order chi connectivity index (χ0) is 14.0. The van der Waals surface area contributed by atoms with E-state index in [1.54, 1.807) is 6.92 Å². The predicted molar refractivity (Wildman–Crippen MR) is 73.3 cm³/mol. The number of nitrogens with zero attached hydrogens (tertiary/aromatic N) is 1. The van der Waals surface area contributed by atoms with E-state index in [2.05, 4.69) is 0 Å². The normalized spacial score (nSPS) is 19.9. The van der Waals surface area contributed by atoms with E-state index in [0.717, 1.165) is 11.1 Å². The molecule has 0 spiro atoms. The van der Waals surface area contributed by atoms with Crippen molar-refractivity contribution in [3.8, 4) is 0 Å². The van der Waals surface area contributed by atoms with Gasteiger partial charge in [0.1, 0.15) is 5.54 Å². The average molecular weight is 263 g/mol. The number of carbonyl (C=O) groups is 1. The summed E-state index contributed by atoms with van der Waals surface area (Å²) in [6.45, 7) is 8.31. The third kappa shape index (κ3) is 2.51. The summed E-state index contributed by atoms with van der Waals surface area (Å²) in [6, 6.07) is 5.90. The van der Waals surface area contributed by atoms with Gasteiger partial charge in [0.25, 0.3) is 0 Å². The van der Waals surface area contributed by atoms with Gasteiger partial charge in [-0.2, -0.15) is 0 Å². The van der Waals surface area contributed by atoms with E-state index in [1.807, 2.05) is 36.9 Å². The van der Waals surface area contributed by atoms with Gasteiger partial charge in [-0.25, -0.2) is 4.79 Å². The van der Waals surface area contributed by atoms with Gasteiger partial charge in [-0.1, -0.05) is 18.2 Å². The van der Waals surface area contributed by atoms with Gasteiger partial charge >= 0.3 is 5.97 Å². The maximum Gasteiger partial charge on any atom is 0.328 e. The van der Waals surface area contributed by atoms with Crippen LogP contribution in [0.2, 0.25) is 0 Å². The maximum absolute atomic E-state index is 11.8. The van der Waals surface area contributed by atoms with Crippen molar-refractivity contribution < 1.29 is 14.6 Å². The summed E-state index contributed by atoms with van der Waals surface area (Å²) in [6.07, 6.45) is 0. The van der Waals surface area contributed by atoms with E-state index in [1.165, 1.54) is 5.56 Å². The van der Waals surface area contributed by atoms with Gasteiger partial charge in [0.05, 0.1) is 13.2 Å². The molecule has 1 heterocycles. The molecule has 0 amide bonds. The summed E-state index contributed by atoms with van der Waals surface area (Å²) >= 11 is 0. The van der Waals surface area contributed by atoms with Crippen molar-refractivity contribution in [2.45, 2.75) is 26.3 Å². The number of carboxylic acid groups (broad SMARTS) is 1. The van der Waals surface area contributed by atoms with E-state index < -0.39 is 11.5 Å². The molecule has 0 bridgehead atoms. The van der Waals surface area contributed by atoms with Crippen LogP contribution in [0.5, 0.6) is 0 Å². The number of aliphatic carboxylic acids is 1. The van der Waals surface area contributed by atoms with E-state index in [4.69, 9.17) is 4.74 Å². The van der Waals surface area contributed by atoms with Gasteiger partial charge in [0.2, 0.25) is 0 Å². The van der Waals surface area contributed by atoms with Crippen LogP contribution in [0.25, 0.3) is 0 Å². The van der Waals surface area contributed by atoms with Crippen LogP contribution in [-0.4, -0.2) is 42.3 Å². The van der Waals surface area contributed by atoms with E-state index in [0.29, 0.717) is 26.3 Å². The SMILES string of the molecule is Cc1ccc(C(C)(C(=O)O)N2CCOCC2)cc1C. The lowest BCUT2D eigenvalue weighted by molar-refractivity contribution is -0.154. The highest BCUT2D eigenvalue weighted by atomic mass is 16.5. The Labute approximate surface area is 114 Å². The lowest BCUT2D eigenvalue weighted by atomic mass is 9.87. The fourth-order valence-corrected chi connectivity index (χ4v) is 2.50. The smallest absolute Gasteiger partial charge is 0.328 e. The Morgan fingerprint density at radius 2 is 1.89 bits per heavy atom. The van der Waals surface area contributed by atoms with Crippen molar-refractivity contribution in [3.05, 3.63) is 34.9 Å². The number of aryl methyl sites for hydroxylation is 2. The van der Waals surface area contributed by atoms with Crippen molar-refractivity contribution in [3.63, 3.8) is 0 Å². The lowest BCUT2D eigenvalue weighted by Gasteiger charge is -2.40. The van der Waals surface area contributed by atoms with Crippen molar-refractivity contribution in [1.29, 1.82) is 0 Å². The van der Waals surface area contributed by atoms with Crippen LogP contribution in [0.3, 0.4) is 0 Å². The molecule has 1 aromatic carbocycles. The highest BCUT2D eigenvalue weighted by Gasteiger charge is 2.42. The highest BCUT2D eigenvalue weighted by molar-refractivity contribution is 5.80. The summed E-state index contributed by atoms with van der Waals surface area (Å²) in [5, 5.41) is 9.72. The molecule has 4 heteroatoms. The Hall–Kier alpha value is -1.39. The molecular weight excluding hydrogens is 242 g/mol. The molecular formula is C15H21NO3. The quantitative estimate of drug-likeness (QED) is 0.905. The second-order valence-corrected chi connectivity index (χ2v) is 5.28. The summed E-state index contributed by atoms with van der Waals surface area (Å²) < 4.78 is 5.32. The molecule has 1 aliphatic heterocycles. The second kappa shape index (κ2) is 5.31. The standard InChI is InChI=1S/C15H21NO3/c1-11-4-5-13(10-12(11)2)15(3,14(17)18)16-6-8-19-9-7-16/h4-5,10H,6-9H2,1-3H3,(H,17,18). The largest absolute Gasteiger partial charge is 0.480 e. The molecule has 104 valence electrons. The minimum absolute atomic E-state index is 0.591. The first-order valence-corrected chi connectivity index (χ1v) is 6.60. The summed E-state index contributed by atoms with van der Waals surface area (Å²) in [5.74, 6) is -0.808. The van der Waals surface area contributed by atoms with E-state index in [-0.39, 0.29) is 0 Å². The molecule has 0 aliphatic carbocycles. The Kier molecular flexibility index (Phi) is 3.92. The molecule has 1 atom stereocenters. The van der Waals surface area contributed by atoms with Crippen LogP contribution in [0.4, 0.5) is 0 Å². The molecule has 1 fully saturated rings. The van der Waals surface area contributed by atoms with Gasteiger partial charge in [-0.15, -0.1) is 0 Å². The predicted octanol–water partition coefficient (Wildman–Crippen LogP) is 1.94. The third-order valence-corrected chi connectivity index (χ3v) is 4.13. The molecule has 1 saturated heterocycles. The molecule has 1 unspecified atom stereocenters. The highest BCUT2D eigenvalue weighted by Crippen LogP contribution is 2.30. The Bertz CT molecular complexity index is 480. The fourth-order valence-electron chi connectivity index (χ4n) is 2.50. The van der Waals surface area contributed by atoms with Crippen molar-refractivity contribution in [2.24, 2.45) is 0 Å². The summed E-state index contributed by atoms with van der Waals surface area (Å²) in [5.41, 5.74) is 2.16. The maximum atomic E-state index is 11.8. The minimum Gasteiger partial charge on any atom is -0.480 e. The molecule has 0 saturated carbocycles. The average Bonchev–Trinajstić information content (AvgIpc) is 2.41. The van der Waals surface area contributed by atoms with Gasteiger partial charge in [-0.05, 0) is 37.5 Å². The zero-order valence-corrected chi connectivity index (χ0v) is 11.8. The molecule has 2 rings (SSSR count). The number of hydrogen-bond acceptors (Lipinski definition) is 3. The third-order valence-electron chi connectivity index (χ3n) is 4.13. The van der Waals surface area contributed by atoms with Crippen LogP contribution in [-0.2, 0) is 15.1 Å². The van der Waals surface area contributed by atoms with E-state index >= 15 is 0 Å². The van der Waals surface area contributed by atoms with Crippen LogP contribution >= 0.6 is 0 Å². The molecule has 19 heavy (non-hydrogen) atoms. The number of ether oxygens (including phenoxy) is 1. The van der Waals surface area contributed by atoms with Crippen LogP contribution in [0.1, 0.15) is 23.6 Å². The first-order valence-electron chi connectivity index (χ1n) is 6.60. The molecule has 1 N–H and O–H groups in total. The Balaban J connectivity index is 2.42. The van der Waals surface area contributed by atoms with Crippen molar-refractivity contribution >= 4 is 5.97 Å². The van der Waals surface area contributed by atoms with Crippen LogP contribution in [0, 0.1) is 13.8 Å². The van der Waals surface area contributed by atoms with E-state index in [9.17, 15) is 9.90 Å². The number of hydrogen-bond donors (Lipinski definition) is 1. The van der Waals surface area contributed by atoms with Gasteiger partial charge in [0.15, 0.2) is 0 Å². The molecule has 4 nitrogen and oxygen atoms in total. The Morgan fingerprint density at radius 1 is 1.26 bits per heavy atom. The summed E-state index contributed by atoms with van der Waals surface area (Å²) in [7, 11) is 0. The lowest BCUT2D eigenvalue weighted by Crippen LogP contribution is -2.54. The van der Waals surface area contributed by atoms with Gasteiger partial charge in [0, 0.05) is 13.1 Å².